The van der Waals surface area contributed by atoms with Crippen LogP contribution in [0.5, 0.6) is 0 Å². The van der Waals surface area contributed by atoms with Crippen molar-refractivity contribution >= 4 is 21.8 Å². The highest BCUT2D eigenvalue weighted by Crippen LogP contribution is 2.24. The van der Waals surface area contributed by atoms with Gasteiger partial charge >= 0.3 is 0 Å². The molecule has 3 rings (SSSR count). The number of hydrogen-bond acceptors (Lipinski definition) is 6. The first-order valence-corrected chi connectivity index (χ1v) is 11.9. The van der Waals surface area contributed by atoms with E-state index in [1.807, 2.05) is 13.8 Å². The SMILES string of the molecule is CC[C@H](C)[C@H](N=C1NS(=O)(=O)c2ccccc21)C(=O)NCC(C)(C)N1CCOCC1. The van der Waals surface area contributed by atoms with Crippen molar-refractivity contribution in [2.45, 2.75) is 50.6 Å². The van der Waals surface area contributed by atoms with Gasteiger partial charge in [0.25, 0.3) is 10.0 Å². The summed E-state index contributed by atoms with van der Waals surface area (Å²) < 4.78 is 32.7. The number of carbonyl (C=O) groups excluding carboxylic acids is 1. The Hall–Kier alpha value is -1.97. The summed E-state index contributed by atoms with van der Waals surface area (Å²) in [7, 11) is -3.64. The van der Waals surface area contributed by atoms with Crippen LogP contribution in [0.1, 0.15) is 39.7 Å². The van der Waals surface area contributed by atoms with E-state index in [1.54, 1.807) is 24.3 Å². The molecule has 9 heteroatoms. The predicted molar refractivity (Wildman–Crippen MR) is 116 cm³/mol. The van der Waals surface area contributed by atoms with Crippen LogP contribution in [0.4, 0.5) is 0 Å². The lowest BCUT2D eigenvalue weighted by molar-refractivity contribution is -0.124. The molecular weight excluding hydrogens is 404 g/mol. The number of sulfonamides is 1. The average molecular weight is 437 g/mol. The molecule has 2 N–H and O–H groups in total. The molecule has 2 aliphatic rings. The number of nitrogens with zero attached hydrogens (tertiary/aromatic N) is 2. The fraction of sp³-hybridized carbons (Fsp3) is 0.619. The Morgan fingerprint density at radius 3 is 2.63 bits per heavy atom. The smallest absolute Gasteiger partial charge is 0.263 e. The van der Waals surface area contributed by atoms with Crippen LogP contribution in [0.25, 0.3) is 0 Å². The molecule has 0 aliphatic carbocycles. The highest BCUT2D eigenvalue weighted by Gasteiger charge is 2.34. The second-order valence-corrected chi connectivity index (χ2v) is 10.2. The number of fused-ring (bicyclic) bond motifs is 1. The Bertz CT molecular complexity index is 907. The number of carbonyl (C=O) groups is 1. The van der Waals surface area contributed by atoms with Gasteiger partial charge in [0, 0.05) is 30.7 Å². The lowest BCUT2D eigenvalue weighted by Crippen LogP contribution is -2.56. The van der Waals surface area contributed by atoms with Crippen LogP contribution in [-0.4, -0.2) is 69.5 Å². The van der Waals surface area contributed by atoms with E-state index in [2.05, 4.69) is 33.8 Å². The largest absolute Gasteiger partial charge is 0.379 e. The normalized spacial score (nSPS) is 22.2. The van der Waals surface area contributed by atoms with E-state index in [1.165, 1.54) is 0 Å². The van der Waals surface area contributed by atoms with Gasteiger partial charge in [-0.2, -0.15) is 0 Å². The standard InChI is InChI=1S/C21H32N4O4S/c1-5-15(2)18(20(26)22-14-21(3,4)25-10-12-29-13-11-25)23-19-16-8-6-7-9-17(16)30(27,28)24-19/h6-9,15,18H,5,10-14H2,1-4H3,(H,22,26)(H,23,24)/t15-,18-/m0/s1. The van der Waals surface area contributed by atoms with E-state index < -0.39 is 16.1 Å². The van der Waals surface area contributed by atoms with E-state index in [9.17, 15) is 13.2 Å². The molecule has 1 fully saturated rings. The summed E-state index contributed by atoms with van der Waals surface area (Å²) in [4.78, 5) is 20.2. The molecule has 0 radical (unpaired) electrons. The first kappa shape index (κ1) is 22.7. The van der Waals surface area contributed by atoms with Gasteiger partial charge in [-0.15, -0.1) is 0 Å². The van der Waals surface area contributed by atoms with Crippen molar-refractivity contribution in [3.63, 3.8) is 0 Å². The minimum Gasteiger partial charge on any atom is -0.379 e. The van der Waals surface area contributed by atoms with Gasteiger partial charge < -0.3 is 10.1 Å². The zero-order chi connectivity index (χ0) is 21.9. The quantitative estimate of drug-likeness (QED) is 0.672. The van der Waals surface area contributed by atoms with Crippen molar-refractivity contribution in [3.8, 4) is 0 Å². The minimum atomic E-state index is -3.64. The molecule has 2 atom stereocenters. The first-order chi connectivity index (χ1) is 14.2. The van der Waals surface area contributed by atoms with Gasteiger partial charge in [-0.1, -0.05) is 32.4 Å². The molecule has 0 aromatic heterocycles. The number of morpholine rings is 1. The molecule has 30 heavy (non-hydrogen) atoms. The van der Waals surface area contributed by atoms with Crippen LogP contribution in [0.2, 0.25) is 0 Å². The number of ether oxygens (including phenoxy) is 1. The third kappa shape index (κ3) is 4.84. The summed E-state index contributed by atoms with van der Waals surface area (Å²) in [5.41, 5.74) is 0.293. The van der Waals surface area contributed by atoms with Gasteiger partial charge in [-0.3, -0.25) is 19.4 Å². The molecule has 0 saturated carbocycles. The summed E-state index contributed by atoms with van der Waals surface area (Å²) in [5.74, 6) is 0.00141. The van der Waals surface area contributed by atoms with Crippen molar-refractivity contribution in [2.75, 3.05) is 32.8 Å². The Kier molecular flexibility index (Phi) is 6.84. The molecule has 0 spiro atoms. The van der Waals surface area contributed by atoms with Crippen molar-refractivity contribution < 1.29 is 17.9 Å². The van der Waals surface area contributed by atoms with Crippen molar-refractivity contribution in [1.82, 2.24) is 14.9 Å². The number of aliphatic imine (C=N–C) groups is 1. The molecule has 2 aliphatic heterocycles. The van der Waals surface area contributed by atoms with E-state index in [0.29, 0.717) is 25.3 Å². The molecular formula is C21H32N4O4S. The highest BCUT2D eigenvalue weighted by molar-refractivity contribution is 7.90. The van der Waals surface area contributed by atoms with Gasteiger partial charge in [0.1, 0.15) is 11.9 Å². The van der Waals surface area contributed by atoms with Gasteiger partial charge in [-0.05, 0) is 31.9 Å². The van der Waals surface area contributed by atoms with E-state index in [4.69, 9.17) is 4.74 Å². The Morgan fingerprint density at radius 2 is 1.97 bits per heavy atom. The maximum absolute atomic E-state index is 13.1. The number of rotatable bonds is 7. The van der Waals surface area contributed by atoms with Gasteiger partial charge in [0.15, 0.2) is 0 Å². The summed E-state index contributed by atoms with van der Waals surface area (Å²) >= 11 is 0. The number of benzene rings is 1. The van der Waals surface area contributed by atoms with Gasteiger partial charge in [0.2, 0.25) is 5.91 Å². The zero-order valence-electron chi connectivity index (χ0n) is 18.1. The number of nitrogens with one attached hydrogen (secondary N) is 2. The molecule has 2 heterocycles. The Labute approximate surface area is 179 Å². The topological polar surface area (TPSA) is 100 Å². The van der Waals surface area contributed by atoms with Gasteiger partial charge in [-0.25, -0.2) is 8.42 Å². The fourth-order valence-electron chi connectivity index (χ4n) is 3.72. The van der Waals surface area contributed by atoms with E-state index in [-0.39, 0.29) is 28.1 Å². The second-order valence-electron chi connectivity index (χ2n) is 8.54. The number of amidine groups is 1. The van der Waals surface area contributed by atoms with Crippen LogP contribution in [0.15, 0.2) is 34.2 Å². The molecule has 1 amide bonds. The minimum absolute atomic E-state index is 0.0405. The summed E-state index contributed by atoms with van der Waals surface area (Å²) in [6.45, 7) is 11.7. The maximum Gasteiger partial charge on any atom is 0.263 e. The van der Waals surface area contributed by atoms with Crippen molar-refractivity contribution in [1.29, 1.82) is 0 Å². The molecule has 0 unspecified atom stereocenters. The van der Waals surface area contributed by atoms with E-state index >= 15 is 0 Å². The Morgan fingerprint density at radius 1 is 1.30 bits per heavy atom. The molecule has 0 bridgehead atoms. The fourth-order valence-corrected chi connectivity index (χ4v) is 4.96. The zero-order valence-corrected chi connectivity index (χ0v) is 19.0. The van der Waals surface area contributed by atoms with Crippen LogP contribution in [-0.2, 0) is 19.6 Å². The third-order valence-electron chi connectivity index (χ3n) is 5.94. The molecule has 8 nitrogen and oxygen atoms in total. The summed E-state index contributed by atoms with van der Waals surface area (Å²) in [5, 5.41) is 3.05. The molecule has 1 aromatic rings. The molecule has 166 valence electrons. The predicted octanol–water partition coefficient (Wildman–Crippen LogP) is 1.37. The average Bonchev–Trinajstić information content (AvgIpc) is 3.00. The number of hydrogen-bond donors (Lipinski definition) is 2. The van der Waals surface area contributed by atoms with Crippen LogP contribution < -0.4 is 10.0 Å². The van der Waals surface area contributed by atoms with Crippen LogP contribution >= 0.6 is 0 Å². The Balaban J connectivity index is 1.78. The van der Waals surface area contributed by atoms with E-state index in [0.717, 1.165) is 19.5 Å². The lowest BCUT2D eigenvalue weighted by Gasteiger charge is -2.41. The third-order valence-corrected chi connectivity index (χ3v) is 7.34. The maximum atomic E-state index is 13.1. The summed E-state index contributed by atoms with van der Waals surface area (Å²) in [6, 6.07) is 6.01. The van der Waals surface area contributed by atoms with Gasteiger partial charge in [0.05, 0.1) is 18.1 Å². The lowest BCUT2D eigenvalue weighted by atomic mass is 9.97. The van der Waals surface area contributed by atoms with Crippen LogP contribution in [0.3, 0.4) is 0 Å². The molecule has 1 aromatic carbocycles. The van der Waals surface area contributed by atoms with Crippen LogP contribution in [0, 0.1) is 5.92 Å². The second kappa shape index (κ2) is 9.03. The monoisotopic (exact) mass is 436 g/mol. The highest BCUT2D eigenvalue weighted by atomic mass is 32.2. The molecule has 1 saturated heterocycles. The summed E-state index contributed by atoms with van der Waals surface area (Å²) in [6.07, 6.45) is 0.746. The van der Waals surface area contributed by atoms with Crippen molar-refractivity contribution in [2.24, 2.45) is 10.9 Å². The van der Waals surface area contributed by atoms with Crippen molar-refractivity contribution in [3.05, 3.63) is 29.8 Å². The number of amides is 1. The first-order valence-electron chi connectivity index (χ1n) is 10.5.